The molecule has 0 unspecified atom stereocenters. The van der Waals surface area contributed by atoms with Gasteiger partial charge in [0, 0.05) is 13.0 Å². The van der Waals surface area contributed by atoms with E-state index in [-0.39, 0.29) is 18.9 Å². The SMILES string of the molecule is CCOc1ccc(N(CCCC(=O)NCCOc2ccccc2C(C)C)S(C)(=O)=O)cc1. The largest absolute Gasteiger partial charge is 0.494 e. The maximum Gasteiger partial charge on any atom is 0.232 e. The van der Waals surface area contributed by atoms with E-state index >= 15 is 0 Å². The average molecular weight is 463 g/mol. The predicted octanol–water partition coefficient (Wildman–Crippen LogP) is 3.95. The van der Waals surface area contributed by atoms with Crippen LogP contribution in [0.4, 0.5) is 5.69 Å². The van der Waals surface area contributed by atoms with E-state index in [1.165, 1.54) is 4.31 Å². The Balaban J connectivity index is 1.79. The Morgan fingerprint density at radius 3 is 2.38 bits per heavy atom. The Morgan fingerprint density at radius 2 is 1.75 bits per heavy atom. The summed E-state index contributed by atoms with van der Waals surface area (Å²) in [6.45, 7) is 7.63. The van der Waals surface area contributed by atoms with Gasteiger partial charge in [-0.15, -0.1) is 0 Å². The van der Waals surface area contributed by atoms with Gasteiger partial charge in [0.15, 0.2) is 0 Å². The van der Waals surface area contributed by atoms with Gasteiger partial charge in [0.2, 0.25) is 15.9 Å². The smallest absolute Gasteiger partial charge is 0.232 e. The average Bonchev–Trinajstić information content (AvgIpc) is 2.74. The number of carbonyl (C=O) groups excluding carboxylic acids is 1. The number of carbonyl (C=O) groups is 1. The fourth-order valence-electron chi connectivity index (χ4n) is 3.27. The molecule has 0 saturated heterocycles. The first-order valence-electron chi connectivity index (χ1n) is 10.9. The van der Waals surface area contributed by atoms with Gasteiger partial charge in [0.25, 0.3) is 0 Å². The molecule has 0 aliphatic carbocycles. The number of rotatable bonds is 13. The van der Waals surface area contributed by atoms with Crippen LogP contribution in [0.25, 0.3) is 0 Å². The van der Waals surface area contributed by atoms with Gasteiger partial charge in [0.1, 0.15) is 18.1 Å². The number of hydrogen-bond donors (Lipinski definition) is 1. The molecule has 2 aromatic rings. The second-order valence-corrected chi connectivity index (χ2v) is 9.66. The standard InChI is InChI=1S/C24H34N2O5S/c1-5-30-21-14-12-20(13-15-21)26(32(4,28)29)17-8-11-24(27)25-16-18-31-23-10-7-6-9-22(23)19(2)3/h6-7,9-10,12-15,19H,5,8,11,16-18H2,1-4H3,(H,25,27). The van der Waals surface area contributed by atoms with Crippen LogP contribution in [0.1, 0.15) is 45.1 Å². The van der Waals surface area contributed by atoms with Crippen LogP contribution in [0.2, 0.25) is 0 Å². The fraction of sp³-hybridized carbons (Fsp3) is 0.458. The molecule has 2 rings (SSSR count). The Bertz CT molecular complexity index is 959. The summed E-state index contributed by atoms with van der Waals surface area (Å²) < 4.78 is 37.0. The second kappa shape index (κ2) is 12.3. The van der Waals surface area contributed by atoms with Crippen molar-refractivity contribution in [1.82, 2.24) is 5.32 Å². The molecular formula is C24H34N2O5S. The maximum atomic E-state index is 12.2. The summed E-state index contributed by atoms with van der Waals surface area (Å²) in [5, 5.41) is 2.83. The van der Waals surface area contributed by atoms with Gasteiger partial charge in [-0.05, 0) is 55.2 Å². The van der Waals surface area contributed by atoms with Gasteiger partial charge in [-0.2, -0.15) is 0 Å². The van der Waals surface area contributed by atoms with E-state index in [9.17, 15) is 13.2 Å². The van der Waals surface area contributed by atoms with Gasteiger partial charge < -0.3 is 14.8 Å². The van der Waals surface area contributed by atoms with E-state index in [4.69, 9.17) is 9.47 Å². The quantitative estimate of drug-likeness (QED) is 0.456. The molecule has 0 radical (unpaired) electrons. The van der Waals surface area contributed by atoms with Gasteiger partial charge in [-0.3, -0.25) is 9.10 Å². The summed E-state index contributed by atoms with van der Waals surface area (Å²) in [6, 6.07) is 14.8. The van der Waals surface area contributed by atoms with Crippen LogP contribution in [0.15, 0.2) is 48.5 Å². The molecular weight excluding hydrogens is 428 g/mol. The molecule has 0 fully saturated rings. The maximum absolute atomic E-state index is 12.2. The van der Waals surface area contributed by atoms with E-state index in [2.05, 4.69) is 19.2 Å². The molecule has 0 bridgehead atoms. The van der Waals surface area contributed by atoms with Crippen molar-refractivity contribution in [2.24, 2.45) is 0 Å². The highest BCUT2D eigenvalue weighted by Gasteiger charge is 2.17. The second-order valence-electron chi connectivity index (χ2n) is 7.76. The summed E-state index contributed by atoms with van der Waals surface area (Å²) >= 11 is 0. The zero-order valence-corrected chi connectivity index (χ0v) is 20.2. The molecule has 0 atom stereocenters. The molecule has 1 N–H and O–H groups in total. The first-order valence-corrected chi connectivity index (χ1v) is 12.8. The molecule has 7 nitrogen and oxygen atoms in total. The van der Waals surface area contributed by atoms with Crippen LogP contribution in [0.5, 0.6) is 11.5 Å². The molecule has 0 aromatic heterocycles. The van der Waals surface area contributed by atoms with Crippen molar-refractivity contribution in [1.29, 1.82) is 0 Å². The highest BCUT2D eigenvalue weighted by atomic mass is 32.2. The van der Waals surface area contributed by atoms with Crippen LogP contribution in [0.3, 0.4) is 0 Å². The minimum Gasteiger partial charge on any atom is -0.494 e. The number of nitrogens with one attached hydrogen (secondary N) is 1. The molecule has 176 valence electrons. The summed E-state index contributed by atoms with van der Waals surface area (Å²) in [4.78, 5) is 12.2. The van der Waals surface area contributed by atoms with Crippen LogP contribution in [0, 0.1) is 0 Å². The highest BCUT2D eigenvalue weighted by Crippen LogP contribution is 2.25. The minimum atomic E-state index is -3.46. The number of sulfonamides is 1. The van der Waals surface area contributed by atoms with Gasteiger partial charge >= 0.3 is 0 Å². The lowest BCUT2D eigenvalue weighted by molar-refractivity contribution is -0.121. The molecule has 0 heterocycles. The van der Waals surface area contributed by atoms with Gasteiger partial charge in [0.05, 0.1) is 25.1 Å². The van der Waals surface area contributed by atoms with Crippen LogP contribution in [-0.4, -0.2) is 46.9 Å². The van der Waals surface area contributed by atoms with Crippen molar-refractivity contribution < 1.29 is 22.7 Å². The van der Waals surface area contributed by atoms with Gasteiger partial charge in [-0.1, -0.05) is 32.0 Å². The zero-order valence-electron chi connectivity index (χ0n) is 19.3. The third-order valence-corrected chi connectivity index (χ3v) is 6.02. The molecule has 1 amide bonds. The molecule has 8 heteroatoms. The lowest BCUT2D eigenvalue weighted by Crippen LogP contribution is -2.32. The number of nitrogens with zero attached hydrogens (tertiary/aromatic N) is 1. The third-order valence-electron chi connectivity index (χ3n) is 4.82. The molecule has 0 aliphatic heterocycles. The van der Waals surface area contributed by atoms with Crippen molar-refractivity contribution in [2.75, 3.05) is 36.9 Å². The molecule has 32 heavy (non-hydrogen) atoms. The van der Waals surface area contributed by atoms with E-state index in [0.29, 0.717) is 43.5 Å². The normalized spacial score (nSPS) is 11.3. The fourth-order valence-corrected chi connectivity index (χ4v) is 4.24. The predicted molar refractivity (Wildman–Crippen MR) is 128 cm³/mol. The Kier molecular flexibility index (Phi) is 9.84. The molecule has 0 spiro atoms. The van der Waals surface area contributed by atoms with E-state index in [1.54, 1.807) is 24.3 Å². The van der Waals surface area contributed by atoms with Crippen LogP contribution >= 0.6 is 0 Å². The van der Waals surface area contributed by atoms with Crippen molar-refractivity contribution in [3.8, 4) is 11.5 Å². The van der Waals surface area contributed by atoms with E-state index in [1.807, 2.05) is 31.2 Å². The molecule has 2 aromatic carbocycles. The number of ether oxygens (including phenoxy) is 2. The number of amides is 1. The molecule has 0 aliphatic rings. The topological polar surface area (TPSA) is 84.9 Å². The number of hydrogen-bond acceptors (Lipinski definition) is 5. The Labute approximate surface area is 191 Å². The summed E-state index contributed by atoms with van der Waals surface area (Å²) in [5.41, 5.74) is 1.68. The lowest BCUT2D eigenvalue weighted by atomic mass is 10.0. The number of anilines is 1. The van der Waals surface area contributed by atoms with E-state index in [0.717, 1.165) is 17.6 Å². The summed E-state index contributed by atoms with van der Waals surface area (Å²) in [5.74, 6) is 1.73. The molecule has 0 saturated carbocycles. The minimum absolute atomic E-state index is 0.133. The van der Waals surface area contributed by atoms with Crippen LogP contribution < -0.4 is 19.1 Å². The number of para-hydroxylation sites is 1. The lowest BCUT2D eigenvalue weighted by Gasteiger charge is -2.22. The number of benzene rings is 2. The Hall–Kier alpha value is -2.74. The third kappa shape index (κ3) is 8.07. The zero-order chi connectivity index (χ0) is 23.6. The van der Waals surface area contributed by atoms with Gasteiger partial charge in [-0.25, -0.2) is 8.42 Å². The van der Waals surface area contributed by atoms with Crippen LogP contribution in [-0.2, 0) is 14.8 Å². The monoisotopic (exact) mass is 462 g/mol. The van der Waals surface area contributed by atoms with Crippen molar-refractivity contribution >= 4 is 21.6 Å². The van der Waals surface area contributed by atoms with Crippen molar-refractivity contribution in [3.05, 3.63) is 54.1 Å². The van der Waals surface area contributed by atoms with E-state index < -0.39 is 10.0 Å². The Morgan fingerprint density at radius 1 is 1.06 bits per heavy atom. The summed E-state index contributed by atoms with van der Waals surface area (Å²) in [6.07, 6.45) is 1.80. The van der Waals surface area contributed by atoms with Crippen molar-refractivity contribution in [3.63, 3.8) is 0 Å². The summed E-state index contributed by atoms with van der Waals surface area (Å²) in [7, 11) is -3.46. The first-order chi connectivity index (χ1) is 15.2. The first kappa shape index (κ1) is 25.5. The highest BCUT2D eigenvalue weighted by molar-refractivity contribution is 7.92. The van der Waals surface area contributed by atoms with Crippen molar-refractivity contribution in [2.45, 2.75) is 39.5 Å².